The number of aromatic carboxylic acids is 1. The summed E-state index contributed by atoms with van der Waals surface area (Å²) >= 11 is 5.04. The third-order valence-electron chi connectivity index (χ3n) is 3.87. The fourth-order valence-electron chi connectivity index (χ4n) is 2.41. The van der Waals surface area contributed by atoms with Gasteiger partial charge in [0.2, 0.25) is 0 Å². The molecule has 0 spiro atoms. The SMILES string of the molecule is O=C(O)c1ccc(-c2ccc(C=NNC(=S)Nc3ccc(C(F)(F)F)cc3)o2)cc1. The van der Waals surface area contributed by atoms with Crippen molar-refractivity contribution >= 4 is 35.2 Å². The van der Waals surface area contributed by atoms with E-state index in [1.165, 1.54) is 30.5 Å². The minimum Gasteiger partial charge on any atom is -0.478 e. The van der Waals surface area contributed by atoms with Gasteiger partial charge in [-0.15, -0.1) is 0 Å². The first-order valence-electron chi connectivity index (χ1n) is 8.43. The number of hydrogen-bond donors (Lipinski definition) is 3. The predicted molar refractivity (Wildman–Crippen MR) is 109 cm³/mol. The van der Waals surface area contributed by atoms with Gasteiger partial charge >= 0.3 is 12.1 Å². The molecule has 30 heavy (non-hydrogen) atoms. The van der Waals surface area contributed by atoms with E-state index >= 15 is 0 Å². The number of nitrogens with one attached hydrogen (secondary N) is 2. The van der Waals surface area contributed by atoms with Gasteiger partial charge in [-0.1, -0.05) is 12.1 Å². The fraction of sp³-hybridized carbons (Fsp3) is 0.0500. The number of rotatable bonds is 5. The van der Waals surface area contributed by atoms with Crippen LogP contribution in [0.2, 0.25) is 0 Å². The number of carbonyl (C=O) groups is 1. The average molecular weight is 433 g/mol. The maximum Gasteiger partial charge on any atom is 0.416 e. The molecule has 1 heterocycles. The summed E-state index contributed by atoms with van der Waals surface area (Å²) in [4.78, 5) is 10.9. The molecule has 0 radical (unpaired) electrons. The molecule has 3 N–H and O–H groups in total. The molecule has 0 unspecified atom stereocenters. The summed E-state index contributed by atoms with van der Waals surface area (Å²) in [5, 5.41) is 15.6. The highest BCUT2D eigenvalue weighted by atomic mass is 32.1. The van der Waals surface area contributed by atoms with Crippen molar-refractivity contribution < 1.29 is 27.5 Å². The summed E-state index contributed by atoms with van der Waals surface area (Å²) in [6.45, 7) is 0. The van der Waals surface area contributed by atoms with Crippen LogP contribution in [-0.4, -0.2) is 22.4 Å². The number of alkyl halides is 3. The van der Waals surface area contributed by atoms with Crippen LogP contribution in [0.1, 0.15) is 21.7 Å². The normalized spacial score (nSPS) is 11.4. The van der Waals surface area contributed by atoms with Gasteiger partial charge < -0.3 is 14.8 Å². The number of furan rings is 1. The molecule has 6 nitrogen and oxygen atoms in total. The number of carboxylic acid groups (broad SMARTS) is 1. The van der Waals surface area contributed by atoms with Crippen LogP contribution in [-0.2, 0) is 6.18 Å². The molecule has 0 aliphatic carbocycles. The lowest BCUT2D eigenvalue weighted by molar-refractivity contribution is -0.137. The van der Waals surface area contributed by atoms with Gasteiger partial charge in [0, 0.05) is 11.3 Å². The third kappa shape index (κ3) is 5.45. The third-order valence-corrected chi connectivity index (χ3v) is 4.06. The van der Waals surface area contributed by atoms with Crippen molar-refractivity contribution in [2.75, 3.05) is 5.32 Å². The van der Waals surface area contributed by atoms with Gasteiger partial charge in [0.05, 0.1) is 17.3 Å². The fourth-order valence-corrected chi connectivity index (χ4v) is 2.58. The topological polar surface area (TPSA) is 86.9 Å². The lowest BCUT2D eigenvalue weighted by Crippen LogP contribution is -2.23. The van der Waals surface area contributed by atoms with Gasteiger partial charge in [-0.05, 0) is 60.7 Å². The average Bonchev–Trinajstić information content (AvgIpc) is 3.16. The van der Waals surface area contributed by atoms with Crippen molar-refractivity contribution in [1.82, 2.24) is 5.43 Å². The molecule has 0 saturated carbocycles. The van der Waals surface area contributed by atoms with Crippen molar-refractivity contribution in [2.24, 2.45) is 5.10 Å². The maximum atomic E-state index is 12.6. The molecule has 154 valence electrons. The molecule has 0 bridgehead atoms. The van der Waals surface area contributed by atoms with Crippen molar-refractivity contribution in [3.05, 3.63) is 77.6 Å². The Kier molecular flexibility index (Phi) is 6.17. The largest absolute Gasteiger partial charge is 0.478 e. The lowest BCUT2D eigenvalue weighted by Gasteiger charge is -2.09. The maximum absolute atomic E-state index is 12.6. The highest BCUT2D eigenvalue weighted by Gasteiger charge is 2.29. The van der Waals surface area contributed by atoms with E-state index in [2.05, 4.69) is 15.8 Å². The zero-order chi connectivity index (χ0) is 21.7. The molecule has 2 aromatic carbocycles. The molecule has 3 rings (SSSR count). The van der Waals surface area contributed by atoms with Gasteiger partial charge in [-0.2, -0.15) is 18.3 Å². The smallest absolute Gasteiger partial charge is 0.416 e. The first-order chi connectivity index (χ1) is 14.2. The van der Waals surface area contributed by atoms with Gasteiger partial charge in [0.1, 0.15) is 11.5 Å². The molecular formula is C20H14F3N3O3S. The van der Waals surface area contributed by atoms with Crippen LogP contribution in [0.25, 0.3) is 11.3 Å². The predicted octanol–water partition coefficient (Wildman–Crippen LogP) is 4.98. The zero-order valence-corrected chi connectivity index (χ0v) is 15.9. The second-order valence-electron chi connectivity index (χ2n) is 5.98. The molecule has 0 amide bonds. The van der Waals surface area contributed by atoms with E-state index in [0.717, 1.165) is 12.1 Å². The second kappa shape index (κ2) is 8.78. The molecule has 0 aliphatic heterocycles. The van der Waals surface area contributed by atoms with Crippen LogP contribution in [0.5, 0.6) is 0 Å². The highest BCUT2D eigenvalue weighted by molar-refractivity contribution is 7.80. The van der Waals surface area contributed by atoms with Crippen LogP contribution in [0.15, 0.2) is 70.2 Å². The Morgan fingerprint density at radius 1 is 1.03 bits per heavy atom. The number of anilines is 1. The number of halogens is 3. The Hall–Kier alpha value is -3.66. The summed E-state index contributed by atoms with van der Waals surface area (Å²) in [6, 6.07) is 14.0. The van der Waals surface area contributed by atoms with E-state index in [4.69, 9.17) is 21.7 Å². The minimum atomic E-state index is -4.40. The molecule has 0 saturated heterocycles. The number of nitrogens with zero attached hydrogens (tertiary/aromatic N) is 1. The molecular weight excluding hydrogens is 419 g/mol. The van der Waals surface area contributed by atoms with E-state index in [1.54, 1.807) is 24.3 Å². The van der Waals surface area contributed by atoms with Crippen molar-refractivity contribution in [1.29, 1.82) is 0 Å². The molecule has 0 fully saturated rings. The van der Waals surface area contributed by atoms with Gasteiger partial charge in [-0.3, -0.25) is 5.43 Å². The standard InChI is InChI=1S/C20H14F3N3O3S/c21-20(22,23)14-5-7-15(8-6-14)25-19(30)26-24-11-16-9-10-17(29-16)12-1-3-13(4-2-12)18(27)28/h1-11H,(H,27,28)(H2,25,26,30). The van der Waals surface area contributed by atoms with E-state index in [-0.39, 0.29) is 10.7 Å². The van der Waals surface area contributed by atoms with Gasteiger partial charge in [0.15, 0.2) is 5.11 Å². The molecule has 0 aliphatic rings. The monoisotopic (exact) mass is 433 g/mol. The van der Waals surface area contributed by atoms with E-state index < -0.39 is 17.7 Å². The Morgan fingerprint density at radius 2 is 1.70 bits per heavy atom. The number of hydrogen-bond acceptors (Lipinski definition) is 4. The Bertz CT molecular complexity index is 1080. The quantitative estimate of drug-likeness (QED) is 0.299. The zero-order valence-electron chi connectivity index (χ0n) is 15.1. The summed E-state index contributed by atoms with van der Waals surface area (Å²) in [7, 11) is 0. The van der Waals surface area contributed by atoms with E-state index in [0.29, 0.717) is 22.8 Å². The summed E-state index contributed by atoms with van der Waals surface area (Å²) in [5.74, 6) is -0.0725. The van der Waals surface area contributed by atoms with Crippen LogP contribution < -0.4 is 10.7 Å². The summed E-state index contributed by atoms with van der Waals surface area (Å²) in [5.41, 5.74) is 3.03. The van der Waals surface area contributed by atoms with Crippen molar-refractivity contribution in [3.8, 4) is 11.3 Å². The van der Waals surface area contributed by atoms with Crippen LogP contribution in [0.4, 0.5) is 18.9 Å². The molecule has 0 atom stereocenters. The van der Waals surface area contributed by atoms with Crippen LogP contribution >= 0.6 is 12.2 Å². The van der Waals surface area contributed by atoms with E-state index in [1.807, 2.05) is 0 Å². The van der Waals surface area contributed by atoms with Gasteiger partial charge in [-0.25, -0.2) is 4.79 Å². The second-order valence-corrected chi connectivity index (χ2v) is 6.39. The molecule has 1 aromatic heterocycles. The van der Waals surface area contributed by atoms with E-state index in [9.17, 15) is 18.0 Å². The summed E-state index contributed by atoms with van der Waals surface area (Å²) < 4.78 is 43.3. The number of benzene rings is 2. The van der Waals surface area contributed by atoms with Crippen molar-refractivity contribution in [3.63, 3.8) is 0 Å². The lowest BCUT2D eigenvalue weighted by atomic mass is 10.1. The Morgan fingerprint density at radius 3 is 2.30 bits per heavy atom. The van der Waals surface area contributed by atoms with Crippen LogP contribution in [0, 0.1) is 0 Å². The Balaban J connectivity index is 1.55. The number of hydrazone groups is 1. The first-order valence-corrected chi connectivity index (χ1v) is 8.84. The van der Waals surface area contributed by atoms with Crippen LogP contribution in [0.3, 0.4) is 0 Å². The number of thiocarbonyl (C=S) groups is 1. The summed E-state index contributed by atoms with van der Waals surface area (Å²) in [6.07, 6.45) is -3.03. The first kappa shape index (κ1) is 21.1. The Labute approximate surface area is 174 Å². The number of carboxylic acids is 1. The highest BCUT2D eigenvalue weighted by Crippen LogP contribution is 2.29. The molecule has 10 heteroatoms. The van der Waals surface area contributed by atoms with Gasteiger partial charge in [0.25, 0.3) is 0 Å². The molecule has 3 aromatic rings. The van der Waals surface area contributed by atoms with Crippen molar-refractivity contribution in [2.45, 2.75) is 6.18 Å². The minimum absolute atomic E-state index is 0.0852.